The molecule has 2 aromatic heterocycles. The van der Waals surface area contributed by atoms with Crippen LogP contribution < -0.4 is 9.47 Å². The number of hydrogen-bond acceptors (Lipinski definition) is 7. The molecule has 0 saturated heterocycles. The number of H-pyrrole nitrogens is 1. The molecule has 2 N–H and O–H groups in total. The van der Waals surface area contributed by atoms with Crippen LogP contribution in [0, 0.1) is 6.92 Å². The van der Waals surface area contributed by atoms with Gasteiger partial charge in [-0.15, -0.1) is 10.2 Å². The number of nitrogens with zero attached hydrogens (tertiary/aromatic N) is 2. The molecule has 0 bridgehead atoms. The van der Waals surface area contributed by atoms with Crippen molar-refractivity contribution < 1.29 is 23.8 Å². The highest BCUT2D eigenvalue weighted by molar-refractivity contribution is 8.03. The minimum Gasteiger partial charge on any atom is -0.497 e. The second kappa shape index (κ2) is 8.57. The molecule has 0 saturated carbocycles. The Kier molecular flexibility index (Phi) is 5.68. The van der Waals surface area contributed by atoms with Crippen LogP contribution in [0.3, 0.4) is 0 Å². The van der Waals surface area contributed by atoms with Crippen molar-refractivity contribution in [3.05, 3.63) is 58.6 Å². The van der Waals surface area contributed by atoms with Gasteiger partial charge in [-0.3, -0.25) is 0 Å². The molecule has 9 heteroatoms. The molecule has 0 aliphatic carbocycles. The number of para-hydroxylation sites is 1. The predicted octanol–water partition coefficient (Wildman–Crippen LogP) is 4.76. The van der Waals surface area contributed by atoms with E-state index in [-0.39, 0.29) is 16.0 Å². The van der Waals surface area contributed by atoms with Crippen molar-refractivity contribution >= 4 is 34.7 Å². The van der Waals surface area contributed by atoms with E-state index in [2.05, 4.69) is 15.2 Å². The number of aryl methyl sites for hydroxylation is 1. The summed E-state index contributed by atoms with van der Waals surface area (Å²) in [6, 6.07) is 12.9. The number of carboxylic acid groups (broad SMARTS) is 1. The SMILES string of the molecule is COc1cc(OC)cc(-c2nnc(S/C(=C\c3c(C)[nH]c4ccccc34)C(=O)O)o2)c1. The summed E-state index contributed by atoms with van der Waals surface area (Å²) >= 11 is 0.893. The third kappa shape index (κ3) is 4.26. The number of methoxy groups -OCH3 is 2. The highest BCUT2D eigenvalue weighted by atomic mass is 32.2. The van der Waals surface area contributed by atoms with Gasteiger partial charge in [0.15, 0.2) is 0 Å². The van der Waals surface area contributed by atoms with E-state index in [0.29, 0.717) is 17.1 Å². The molecule has 0 unspecified atom stereocenters. The topological polar surface area (TPSA) is 110 Å². The van der Waals surface area contributed by atoms with Crippen molar-refractivity contribution in [1.29, 1.82) is 0 Å². The number of benzene rings is 2. The van der Waals surface area contributed by atoms with Crippen molar-refractivity contribution in [1.82, 2.24) is 15.2 Å². The molecule has 4 rings (SSSR count). The highest BCUT2D eigenvalue weighted by Gasteiger charge is 2.18. The van der Waals surface area contributed by atoms with Gasteiger partial charge in [0.1, 0.15) is 16.4 Å². The summed E-state index contributed by atoms with van der Waals surface area (Å²) in [5.41, 5.74) is 3.21. The fourth-order valence-corrected chi connectivity index (χ4v) is 3.80. The number of nitrogens with one attached hydrogen (secondary N) is 1. The molecular formula is C22H19N3O5S. The van der Waals surface area contributed by atoms with Gasteiger partial charge in [0.2, 0.25) is 5.89 Å². The lowest BCUT2D eigenvalue weighted by Gasteiger charge is -2.05. The third-order valence-electron chi connectivity index (χ3n) is 4.63. The fraction of sp³-hybridized carbons (Fsp3) is 0.136. The normalized spacial score (nSPS) is 11.6. The van der Waals surface area contributed by atoms with E-state index in [1.165, 1.54) is 0 Å². The zero-order valence-electron chi connectivity index (χ0n) is 17.0. The summed E-state index contributed by atoms with van der Waals surface area (Å²) in [4.78, 5) is 15.2. The predicted molar refractivity (Wildman–Crippen MR) is 117 cm³/mol. The first-order chi connectivity index (χ1) is 15.0. The molecule has 4 aromatic rings. The van der Waals surface area contributed by atoms with Gasteiger partial charge >= 0.3 is 5.97 Å². The zero-order valence-corrected chi connectivity index (χ0v) is 17.8. The molecule has 2 heterocycles. The summed E-state index contributed by atoms with van der Waals surface area (Å²) < 4.78 is 16.2. The Morgan fingerprint density at radius 3 is 2.52 bits per heavy atom. The lowest BCUT2D eigenvalue weighted by molar-refractivity contribution is -0.131. The van der Waals surface area contributed by atoms with Gasteiger partial charge in [-0.2, -0.15) is 0 Å². The standard InChI is InChI=1S/C22H19N3O5S/c1-12-17(16-6-4-5-7-18(16)23-12)11-19(21(26)27)31-22-25-24-20(30-22)13-8-14(28-2)10-15(9-13)29-3/h4-11,23H,1-3H3,(H,26,27)/b19-11-. The van der Waals surface area contributed by atoms with Crippen LogP contribution in [-0.2, 0) is 4.79 Å². The van der Waals surface area contributed by atoms with E-state index in [4.69, 9.17) is 13.9 Å². The molecule has 0 aliphatic rings. The molecule has 2 aromatic carbocycles. The third-order valence-corrected chi connectivity index (χ3v) is 5.48. The maximum Gasteiger partial charge on any atom is 0.342 e. The van der Waals surface area contributed by atoms with Crippen LogP contribution in [-0.4, -0.2) is 40.5 Å². The van der Waals surface area contributed by atoms with Gasteiger partial charge in [-0.25, -0.2) is 4.79 Å². The molecule has 0 spiro atoms. The Bertz CT molecular complexity index is 1270. The molecule has 0 radical (unpaired) electrons. The van der Waals surface area contributed by atoms with E-state index >= 15 is 0 Å². The monoisotopic (exact) mass is 437 g/mol. The Labute approximate surface area is 181 Å². The summed E-state index contributed by atoms with van der Waals surface area (Å²) in [6.07, 6.45) is 1.61. The second-order valence-electron chi connectivity index (χ2n) is 6.60. The zero-order chi connectivity index (χ0) is 22.0. The number of aliphatic carboxylic acids is 1. The molecule has 31 heavy (non-hydrogen) atoms. The first-order valence-corrected chi connectivity index (χ1v) is 10.1. The Hall–Kier alpha value is -3.72. The Balaban J connectivity index is 1.66. The van der Waals surface area contributed by atoms with Crippen LogP contribution in [0.4, 0.5) is 0 Å². The van der Waals surface area contributed by atoms with Crippen LogP contribution in [0.25, 0.3) is 28.4 Å². The van der Waals surface area contributed by atoms with Crippen molar-refractivity contribution in [3.8, 4) is 23.0 Å². The Morgan fingerprint density at radius 1 is 1.13 bits per heavy atom. The van der Waals surface area contributed by atoms with Crippen LogP contribution in [0.15, 0.2) is 57.0 Å². The summed E-state index contributed by atoms with van der Waals surface area (Å²) in [5.74, 6) is 0.288. The number of hydrogen-bond donors (Lipinski definition) is 2. The molecule has 0 atom stereocenters. The summed E-state index contributed by atoms with van der Waals surface area (Å²) in [6.45, 7) is 1.90. The molecular weight excluding hydrogens is 418 g/mol. The molecule has 8 nitrogen and oxygen atoms in total. The number of fused-ring (bicyclic) bond motifs is 1. The van der Waals surface area contributed by atoms with E-state index in [9.17, 15) is 9.90 Å². The fourth-order valence-electron chi connectivity index (χ4n) is 3.14. The number of rotatable bonds is 7. The number of carboxylic acids is 1. The van der Waals surface area contributed by atoms with Crippen LogP contribution in [0.1, 0.15) is 11.3 Å². The number of aromatic nitrogens is 3. The van der Waals surface area contributed by atoms with E-state index in [1.54, 1.807) is 38.5 Å². The maximum absolute atomic E-state index is 11.9. The van der Waals surface area contributed by atoms with Crippen LogP contribution in [0.5, 0.6) is 11.5 Å². The van der Waals surface area contributed by atoms with Gasteiger partial charge in [0.05, 0.1) is 14.2 Å². The van der Waals surface area contributed by atoms with Crippen molar-refractivity contribution in [3.63, 3.8) is 0 Å². The number of carbonyl (C=O) groups is 1. The summed E-state index contributed by atoms with van der Waals surface area (Å²) in [7, 11) is 3.09. The molecule has 158 valence electrons. The van der Waals surface area contributed by atoms with Crippen LogP contribution >= 0.6 is 11.8 Å². The summed E-state index contributed by atoms with van der Waals surface area (Å²) in [5, 5.41) is 18.8. The average molecular weight is 437 g/mol. The van der Waals surface area contributed by atoms with Gasteiger partial charge < -0.3 is 24.0 Å². The first kappa shape index (κ1) is 20.5. The highest BCUT2D eigenvalue weighted by Crippen LogP contribution is 2.34. The first-order valence-electron chi connectivity index (χ1n) is 9.25. The van der Waals surface area contributed by atoms with Crippen molar-refractivity contribution in [2.24, 2.45) is 0 Å². The van der Waals surface area contributed by atoms with Crippen molar-refractivity contribution in [2.45, 2.75) is 12.1 Å². The number of thioether (sulfide) groups is 1. The molecule has 0 aliphatic heterocycles. The Morgan fingerprint density at radius 2 is 1.84 bits per heavy atom. The van der Waals surface area contributed by atoms with Gasteiger partial charge in [0, 0.05) is 33.8 Å². The second-order valence-corrected chi connectivity index (χ2v) is 7.59. The van der Waals surface area contributed by atoms with Gasteiger partial charge in [-0.1, -0.05) is 18.2 Å². The number of aromatic amines is 1. The number of ether oxygens (including phenoxy) is 2. The van der Waals surface area contributed by atoms with E-state index in [1.807, 2.05) is 31.2 Å². The van der Waals surface area contributed by atoms with Crippen LogP contribution in [0.2, 0.25) is 0 Å². The lowest BCUT2D eigenvalue weighted by Crippen LogP contribution is -1.97. The quantitative estimate of drug-likeness (QED) is 0.314. The average Bonchev–Trinajstić information content (AvgIpc) is 3.37. The van der Waals surface area contributed by atoms with Gasteiger partial charge in [0.25, 0.3) is 5.22 Å². The maximum atomic E-state index is 11.9. The van der Waals surface area contributed by atoms with E-state index in [0.717, 1.165) is 33.9 Å². The smallest absolute Gasteiger partial charge is 0.342 e. The largest absolute Gasteiger partial charge is 0.497 e. The lowest BCUT2D eigenvalue weighted by atomic mass is 10.1. The van der Waals surface area contributed by atoms with Gasteiger partial charge in [-0.05, 0) is 43.0 Å². The van der Waals surface area contributed by atoms with Crippen molar-refractivity contribution in [2.75, 3.05) is 14.2 Å². The molecule has 0 amide bonds. The minimum atomic E-state index is -1.09. The van der Waals surface area contributed by atoms with E-state index < -0.39 is 5.97 Å². The minimum absolute atomic E-state index is 0.0614. The molecule has 0 fully saturated rings.